The van der Waals surface area contributed by atoms with Gasteiger partial charge < -0.3 is 0 Å². The van der Waals surface area contributed by atoms with E-state index in [2.05, 4.69) is 15.5 Å². The van der Waals surface area contributed by atoms with Crippen LogP contribution >= 0.6 is 11.8 Å². The van der Waals surface area contributed by atoms with Crippen LogP contribution in [-0.4, -0.2) is 27.4 Å². The van der Waals surface area contributed by atoms with Crippen molar-refractivity contribution >= 4 is 34.8 Å². The fraction of sp³-hybridized carbons (Fsp3) is 0.0833. The second kappa shape index (κ2) is 9.92. The van der Waals surface area contributed by atoms with E-state index >= 15 is 0 Å². The molecule has 0 atom stereocenters. The maximum atomic E-state index is 13.1. The minimum atomic E-state index is -4.54. The molecule has 0 bridgehead atoms. The van der Waals surface area contributed by atoms with Crippen molar-refractivity contribution < 1.29 is 18.0 Å². The number of amides is 1. The molecule has 0 saturated heterocycles. The van der Waals surface area contributed by atoms with Gasteiger partial charge in [0.1, 0.15) is 0 Å². The zero-order valence-electron chi connectivity index (χ0n) is 17.5. The van der Waals surface area contributed by atoms with Crippen molar-refractivity contribution in [2.24, 2.45) is 5.10 Å². The van der Waals surface area contributed by atoms with Gasteiger partial charge in [-0.15, -0.1) is 0 Å². The second-order valence-electron chi connectivity index (χ2n) is 7.05. The highest BCUT2D eigenvalue weighted by Crippen LogP contribution is 2.31. The molecule has 0 aliphatic heterocycles. The molecule has 1 N–H and O–H groups in total. The molecule has 0 fully saturated rings. The number of rotatable bonds is 6. The van der Waals surface area contributed by atoms with Crippen LogP contribution in [0.25, 0.3) is 16.6 Å². The van der Waals surface area contributed by atoms with E-state index in [1.165, 1.54) is 22.8 Å². The fourth-order valence-electron chi connectivity index (χ4n) is 3.22. The first-order valence-corrected chi connectivity index (χ1v) is 11.0. The molecule has 1 amide bonds. The molecule has 4 aromatic rings. The number of benzene rings is 3. The minimum absolute atomic E-state index is 0.157. The van der Waals surface area contributed by atoms with Crippen molar-refractivity contribution in [3.05, 3.63) is 100 Å². The zero-order chi connectivity index (χ0) is 24.1. The third kappa shape index (κ3) is 5.18. The predicted octanol–water partition coefficient (Wildman–Crippen LogP) is 4.65. The average molecular weight is 482 g/mol. The van der Waals surface area contributed by atoms with Gasteiger partial charge in [-0.3, -0.25) is 14.2 Å². The molecular formula is C24H17F3N4O2S. The second-order valence-corrected chi connectivity index (χ2v) is 8.00. The first-order valence-electron chi connectivity index (χ1n) is 10.0. The van der Waals surface area contributed by atoms with Crippen LogP contribution in [0.5, 0.6) is 0 Å². The van der Waals surface area contributed by atoms with Crippen LogP contribution in [0.15, 0.2) is 93.9 Å². The molecule has 0 saturated carbocycles. The van der Waals surface area contributed by atoms with Crippen molar-refractivity contribution in [3.8, 4) is 5.69 Å². The van der Waals surface area contributed by atoms with E-state index in [1.54, 1.807) is 48.5 Å². The monoisotopic (exact) mass is 482 g/mol. The van der Waals surface area contributed by atoms with Gasteiger partial charge in [-0.25, -0.2) is 10.4 Å². The highest BCUT2D eigenvalue weighted by molar-refractivity contribution is 7.99. The van der Waals surface area contributed by atoms with Gasteiger partial charge >= 0.3 is 6.18 Å². The van der Waals surface area contributed by atoms with E-state index < -0.39 is 17.6 Å². The summed E-state index contributed by atoms with van der Waals surface area (Å²) in [5, 5.41) is 4.39. The van der Waals surface area contributed by atoms with Crippen LogP contribution in [0.3, 0.4) is 0 Å². The molecule has 34 heavy (non-hydrogen) atoms. The van der Waals surface area contributed by atoms with E-state index in [0.29, 0.717) is 21.7 Å². The number of halogens is 3. The molecule has 0 aliphatic carbocycles. The Morgan fingerprint density at radius 3 is 2.44 bits per heavy atom. The summed E-state index contributed by atoms with van der Waals surface area (Å²) in [6.07, 6.45) is -3.59. The van der Waals surface area contributed by atoms with Gasteiger partial charge in [0.05, 0.1) is 34.1 Å². The normalized spacial score (nSPS) is 11.7. The average Bonchev–Trinajstić information content (AvgIpc) is 2.83. The number of aromatic nitrogens is 2. The Kier molecular flexibility index (Phi) is 6.78. The number of alkyl halides is 3. The maximum absolute atomic E-state index is 13.1. The molecule has 172 valence electrons. The van der Waals surface area contributed by atoms with Gasteiger partial charge in [0.2, 0.25) is 0 Å². The summed E-state index contributed by atoms with van der Waals surface area (Å²) in [6.45, 7) is 0. The van der Waals surface area contributed by atoms with E-state index in [-0.39, 0.29) is 16.9 Å². The number of thioether (sulfide) groups is 1. The van der Waals surface area contributed by atoms with Gasteiger partial charge in [0.25, 0.3) is 11.5 Å². The van der Waals surface area contributed by atoms with Gasteiger partial charge in [-0.1, -0.05) is 60.3 Å². The third-order valence-electron chi connectivity index (χ3n) is 4.75. The van der Waals surface area contributed by atoms with Crippen molar-refractivity contribution in [3.63, 3.8) is 0 Å². The standard InChI is InChI=1S/C24H17F3N4O2S/c25-24(26,27)19-12-6-4-8-16(19)14-28-30-21(32)15-34-23-29-20-13-7-5-11-18(20)22(33)31(23)17-9-2-1-3-10-17/h1-14H,15H2,(H,30,32). The van der Waals surface area contributed by atoms with Crippen LogP contribution < -0.4 is 11.0 Å². The Balaban J connectivity index is 1.54. The molecule has 1 heterocycles. The molecule has 4 rings (SSSR count). The van der Waals surface area contributed by atoms with Gasteiger partial charge in [-0.05, 0) is 30.3 Å². The van der Waals surface area contributed by atoms with E-state index in [1.807, 2.05) is 6.07 Å². The molecule has 3 aromatic carbocycles. The fourth-order valence-corrected chi connectivity index (χ4v) is 4.02. The number of nitrogens with one attached hydrogen (secondary N) is 1. The van der Waals surface area contributed by atoms with E-state index in [4.69, 9.17) is 0 Å². The number of nitrogens with zero attached hydrogens (tertiary/aromatic N) is 3. The SMILES string of the molecule is O=C(CSc1nc2ccccc2c(=O)n1-c1ccccc1)NN=Cc1ccccc1C(F)(F)F. The molecule has 0 spiro atoms. The third-order valence-corrected chi connectivity index (χ3v) is 5.69. The van der Waals surface area contributed by atoms with Crippen LogP contribution in [0, 0.1) is 0 Å². The van der Waals surface area contributed by atoms with Crippen LogP contribution in [0.4, 0.5) is 13.2 Å². The summed E-state index contributed by atoms with van der Waals surface area (Å²) < 4.78 is 40.7. The molecule has 1 aromatic heterocycles. The Labute approximate surface area is 196 Å². The molecule has 0 radical (unpaired) electrons. The molecule has 6 nitrogen and oxygen atoms in total. The maximum Gasteiger partial charge on any atom is 0.417 e. The van der Waals surface area contributed by atoms with Crippen molar-refractivity contribution in [2.45, 2.75) is 11.3 Å². The van der Waals surface area contributed by atoms with E-state index in [0.717, 1.165) is 24.0 Å². The molecule has 10 heteroatoms. The Hall–Kier alpha value is -3.92. The Morgan fingerprint density at radius 2 is 1.68 bits per heavy atom. The van der Waals surface area contributed by atoms with Crippen molar-refractivity contribution in [1.82, 2.24) is 15.0 Å². The summed E-state index contributed by atoms with van der Waals surface area (Å²) in [5.74, 6) is -0.719. The zero-order valence-corrected chi connectivity index (χ0v) is 18.3. The first-order chi connectivity index (χ1) is 16.3. The number of carbonyl (C=O) groups is 1. The lowest BCUT2D eigenvalue weighted by Gasteiger charge is -2.12. The first kappa shape index (κ1) is 23.2. The number of hydrogen-bond acceptors (Lipinski definition) is 5. The lowest BCUT2D eigenvalue weighted by molar-refractivity contribution is -0.137. The highest BCUT2D eigenvalue weighted by Gasteiger charge is 2.32. The summed E-state index contributed by atoms with van der Waals surface area (Å²) in [4.78, 5) is 30.0. The lowest BCUT2D eigenvalue weighted by atomic mass is 10.1. The summed E-state index contributed by atoms with van der Waals surface area (Å²) in [5.41, 5.74) is 2.00. The largest absolute Gasteiger partial charge is 0.417 e. The lowest BCUT2D eigenvalue weighted by Crippen LogP contribution is -2.24. The van der Waals surface area contributed by atoms with Crippen molar-refractivity contribution in [1.29, 1.82) is 0 Å². The van der Waals surface area contributed by atoms with Gasteiger partial charge in [-0.2, -0.15) is 18.3 Å². The number of hydrazone groups is 1. The van der Waals surface area contributed by atoms with Crippen molar-refractivity contribution in [2.75, 3.05) is 5.75 Å². The number of carbonyl (C=O) groups excluding carboxylic acids is 1. The summed E-state index contributed by atoms with van der Waals surface area (Å²) >= 11 is 1.02. The Bertz CT molecular complexity index is 1420. The molecule has 0 unspecified atom stereocenters. The quantitative estimate of drug-likeness (QED) is 0.188. The van der Waals surface area contributed by atoms with Crippen LogP contribution in [0.2, 0.25) is 0 Å². The summed E-state index contributed by atoms with van der Waals surface area (Å²) in [7, 11) is 0. The minimum Gasteiger partial charge on any atom is -0.272 e. The van der Waals surface area contributed by atoms with Crippen LogP contribution in [-0.2, 0) is 11.0 Å². The topological polar surface area (TPSA) is 76.3 Å². The smallest absolute Gasteiger partial charge is 0.272 e. The summed E-state index contributed by atoms with van der Waals surface area (Å²) in [6, 6.07) is 20.7. The number of fused-ring (bicyclic) bond motifs is 1. The Morgan fingerprint density at radius 1 is 1.00 bits per heavy atom. The van der Waals surface area contributed by atoms with Crippen LogP contribution in [0.1, 0.15) is 11.1 Å². The molecule has 0 aliphatic rings. The number of hydrogen-bond donors (Lipinski definition) is 1. The number of para-hydroxylation sites is 2. The van der Waals surface area contributed by atoms with Gasteiger partial charge in [0.15, 0.2) is 5.16 Å². The predicted molar refractivity (Wildman–Crippen MR) is 125 cm³/mol. The van der Waals surface area contributed by atoms with E-state index in [9.17, 15) is 22.8 Å². The van der Waals surface area contributed by atoms with Gasteiger partial charge in [0, 0.05) is 5.56 Å². The highest BCUT2D eigenvalue weighted by atomic mass is 32.2. The molecular weight excluding hydrogens is 465 g/mol.